The van der Waals surface area contributed by atoms with Crippen molar-refractivity contribution in [3.63, 3.8) is 0 Å². The Morgan fingerprint density at radius 3 is 2.92 bits per heavy atom. The molecule has 74 valence electrons. The quantitative estimate of drug-likeness (QED) is 0.472. The van der Waals surface area contributed by atoms with Crippen molar-refractivity contribution >= 4 is 31.4 Å². The monoisotopic (exact) mass is 310 g/mol. The van der Waals surface area contributed by atoms with Crippen LogP contribution in [0.1, 0.15) is 0 Å². The van der Waals surface area contributed by atoms with Crippen LogP contribution in [0.4, 0.5) is 0 Å². The van der Waals surface area contributed by atoms with E-state index in [-0.39, 0.29) is 0 Å². The van der Waals surface area contributed by atoms with Gasteiger partial charge in [-0.25, -0.2) is 4.68 Å². The highest BCUT2D eigenvalue weighted by Crippen LogP contribution is 2.02. The van der Waals surface area contributed by atoms with Crippen LogP contribution < -0.4 is 0 Å². The van der Waals surface area contributed by atoms with E-state index in [1.165, 1.54) is 6.04 Å². The van der Waals surface area contributed by atoms with Crippen molar-refractivity contribution in [3.8, 4) is 0 Å². The van der Waals surface area contributed by atoms with E-state index in [0.717, 1.165) is 10.3 Å². The average Bonchev–Trinajstić information content (AvgIpc) is 2.45. The molecular weight excluding hydrogens is 295 g/mol. The lowest BCUT2D eigenvalue weighted by atomic mass is 10.7. The summed E-state index contributed by atoms with van der Waals surface area (Å²) in [5.74, 6) is 0. The molecule has 0 saturated heterocycles. The summed E-state index contributed by atoms with van der Waals surface area (Å²) in [6.45, 7) is 6.13. The average molecular weight is 310 g/mol. The summed E-state index contributed by atoms with van der Waals surface area (Å²) in [6.07, 6.45) is 1.79. The highest BCUT2D eigenvalue weighted by atomic mass is 127. The Kier molecular flexibility index (Phi) is 4.96. The molecule has 0 amide bonds. The minimum Gasteiger partial charge on any atom is -0.360 e. The molecule has 0 aliphatic rings. The maximum Gasteiger partial charge on any atom is 0.140 e. The van der Waals surface area contributed by atoms with Gasteiger partial charge < -0.3 is 4.74 Å². The van der Waals surface area contributed by atoms with Crippen LogP contribution in [-0.2, 0) is 11.5 Å². The molecular formula is C8H15IN2OSi. The van der Waals surface area contributed by atoms with E-state index in [0.29, 0.717) is 6.73 Å². The van der Waals surface area contributed by atoms with Gasteiger partial charge in [0.2, 0.25) is 0 Å². The van der Waals surface area contributed by atoms with Crippen molar-refractivity contribution in [2.24, 2.45) is 0 Å². The van der Waals surface area contributed by atoms with Crippen molar-refractivity contribution < 1.29 is 4.74 Å². The largest absolute Gasteiger partial charge is 0.360 e. The standard InChI is InChI=1S/C8H15IN2OSi/c1-13(2)6-5-12-7-11-8(9)3-4-10-11/h3-4,13H,5-7H2,1-2H3. The molecule has 0 aliphatic heterocycles. The van der Waals surface area contributed by atoms with Crippen LogP contribution in [0.5, 0.6) is 0 Å². The molecule has 0 N–H and O–H groups in total. The van der Waals surface area contributed by atoms with Crippen LogP contribution in [0.3, 0.4) is 0 Å². The van der Waals surface area contributed by atoms with Crippen LogP contribution in [0.2, 0.25) is 19.1 Å². The number of aromatic nitrogens is 2. The minimum atomic E-state index is -0.450. The second-order valence-corrected chi connectivity index (χ2v) is 7.84. The lowest BCUT2D eigenvalue weighted by Crippen LogP contribution is -2.10. The highest BCUT2D eigenvalue weighted by Gasteiger charge is 1.98. The zero-order chi connectivity index (χ0) is 9.68. The molecule has 5 heteroatoms. The lowest BCUT2D eigenvalue weighted by molar-refractivity contribution is 0.0771. The topological polar surface area (TPSA) is 27.1 Å². The van der Waals surface area contributed by atoms with Crippen molar-refractivity contribution in [1.82, 2.24) is 9.78 Å². The molecule has 1 rings (SSSR count). The molecule has 1 aromatic rings. The summed E-state index contributed by atoms with van der Waals surface area (Å²) >= 11 is 2.25. The van der Waals surface area contributed by atoms with E-state index < -0.39 is 8.80 Å². The third kappa shape index (κ3) is 4.23. The van der Waals surface area contributed by atoms with Gasteiger partial charge in [-0.05, 0) is 34.7 Å². The number of hydrogen-bond donors (Lipinski definition) is 0. The Morgan fingerprint density at radius 1 is 1.62 bits per heavy atom. The predicted octanol–water partition coefficient (Wildman–Crippen LogP) is 1.95. The Hall–Kier alpha value is 0.117. The number of rotatable bonds is 5. The first kappa shape index (κ1) is 11.2. The fraction of sp³-hybridized carbons (Fsp3) is 0.625. The summed E-state index contributed by atoms with van der Waals surface area (Å²) in [6, 6.07) is 3.22. The van der Waals surface area contributed by atoms with Gasteiger partial charge in [-0.1, -0.05) is 13.1 Å². The lowest BCUT2D eigenvalue weighted by Gasteiger charge is -2.06. The molecule has 1 aromatic heterocycles. The van der Waals surface area contributed by atoms with Crippen molar-refractivity contribution in [2.45, 2.75) is 25.9 Å². The Morgan fingerprint density at radius 2 is 2.38 bits per heavy atom. The zero-order valence-electron chi connectivity index (χ0n) is 8.03. The van der Waals surface area contributed by atoms with Crippen LogP contribution in [0.15, 0.2) is 12.3 Å². The predicted molar refractivity (Wildman–Crippen MR) is 64.6 cm³/mol. The first-order valence-electron chi connectivity index (χ1n) is 4.45. The van der Waals surface area contributed by atoms with Gasteiger partial charge >= 0.3 is 0 Å². The summed E-state index contributed by atoms with van der Waals surface area (Å²) in [4.78, 5) is 0. The van der Waals surface area contributed by atoms with E-state index in [1.807, 2.05) is 10.7 Å². The molecule has 0 bridgehead atoms. The molecule has 3 nitrogen and oxygen atoms in total. The molecule has 0 aromatic carbocycles. The Labute approximate surface area is 94.2 Å². The smallest absolute Gasteiger partial charge is 0.140 e. The van der Waals surface area contributed by atoms with Gasteiger partial charge in [0.15, 0.2) is 0 Å². The van der Waals surface area contributed by atoms with Crippen LogP contribution in [0.25, 0.3) is 0 Å². The van der Waals surface area contributed by atoms with Crippen molar-refractivity contribution in [2.75, 3.05) is 6.61 Å². The minimum absolute atomic E-state index is 0.450. The second-order valence-electron chi connectivity index (χ2n) is 3.37. The number of nitrogens with zero attached hydrogens (tertiary/aromatic N) is 2. The SMILES string of the molecule is C[SiH](C)CCOCn1nccc1I. The molecule has 0 saturated carbocycles. The molecule has 0 unspecified atom stereocenters. The summed E-state index contributed by atoms with van der Waals surface area (Å²) in [7, 11) is -0.450. The fourth-order valence-corrected chi connectivity index (χ4v) is 1.94. The van der Waals surface area contributed by atoms with Gasteiger partial charge in [0.05, 0.1) is 6.20 Å². The summed E-state index contributed by atoms with van der Waals surface area (Å²) in [5.41, 5.74) is 0. The summed E-state index contributed by atoms with van der Waals surface area (Å²) in [5, 5.41) is 4.13. The molecule has 0 radical (unpaired) electrons. The molecule has 0 spiro atoms. The third-order valence-electron chi connectivity index (χ3n) is 1.72. The number of hydrogen-bond acceptors (Lipinski definition) is 2. The summed E-state index contributed by atoms with van der Waals surface area (Å²) < 4.78 is 8.49. The normalized spacial score (nSPS) is 11.1. The first-order valence-corrected chi connectivity index (χ1v) is 8.65. The van der Waals surface area contributed by atoms with Crippen molar-refractivity contribution in [3.05, 3.63) is 16.0 Å². The van der Waals surface area contributed by atoms with Crippen LogP contribution in [-0.4, -0.2) is 25.2 Å². The number of halogens is 1. The fourth-order valence-electron chi connectivity index (χ4n) is 0.882. The zero-order valence-corrected chi connectivity index (χ0v) is 11.3. The third-order valence-corrected chi connectivity index (χ3v) is 4.02. The van der Waals surface area contributed by atoms with Gasteiger partial charge in [-0.2, -0.15) is 5.10 Å². The molecule has 1 heterocycles. The van der Waals surface area contributed by atoms with Gasteiger partial charge in [-0.3, -0.25) is 0 Å². The van der Waals surface area contributed by atoms with Gasteiger partial charge in [0, 0.05) is 15.4 Å². The second kappa shape index (κ2) is 5.76. The van der Waals surface area contributed by atoms with E-state index >= 15 is 0 Å². The van der Waals surface area contributed by atoms with E-state index in [4.69, 9.17) is 4.74 Å². The molecule has 0 atom stereocenters. The van der Waals surface area contributed by atoms with E-state index in [2.05, 4.69) is 40.8 Å². The van der Waals surface area contributed by atoms with Gasteiger partial charge in [-0.15, -0.1) is 0 Å². The highest BCUT2D eigenvalue weighted by molar-refractivity contribution is 14.1. The Balaban J connectivity index is 2.17. The van der Waals surface area contributed by atoms with Crippen LogP contribution in [0, 0.1) is 3.70 Å². The molecule has 0 aliphatic carbocycles. The van der Waals surface area contributed by atoms with E-state index in [9.17, 15) is 0 Å². The van der Waals surface area contributed by atoms with Gasteiger partial charge in [0.25, 0.3) is 0 Å². The van der Waals surface area contributed by atoms with Crippen molar-refractivity contribution in [1.29, 1.82) is 0 Å². The van der Waals surface area contributed by atoms with Gasteiger partial charge in [0.1, 0.15) is 10.4 Å². The molecule has 13 heavy (non-hydrogen) atoms. The van der Waals surface area contributed by atoms with E-state index in [1.54, 1.807) is 6.20 Å². The maximum atomic E-state index is 5.50. The van der Waals surface area contributed by atoms with Crippen LogP contribution >= 0.6 is 22.6 Å². The maximum absolute atomic E-state index is 5.50. The Bertz CT molecular complexity index is 252. The molecule has 0 fully saturated rings. The number of ether oxygens (including phenoxy) is 1. The first-order chi connectivity index (χ1) is 6.20.